The average molecular weight is 295 g/mol. The van der Waals surface area contributed by atoms with Crippen LogP contribution >= 0.6 is 11.3 Å². The van der Waals surface area contributed by atoms with Crippen LogP contribution in [0.15, 0.2) is 29.6 Å². The molecule has 108 valence electrons. The van der Waals surface area contributed by atoms with E-state index in [1.165, 1.54) is 0 Å². The van der Waals surface area contributed by atoms with Gasteiger partial charge in [-0.3, -0.25) is 15.0 Å². The number of rotatable bonds is 4. The molecule has 1 fully saturated rings. The first-order valence-corrected chi connectivity index (χ1v) is 7.44. The SMILES string of the molecule is O=C(CN1CCOCC1)NC1=CN(c2cccs2)CO1. The number of carbonyl (C=O) groups is 1. The number of morpholine rings is 1. The molecule has 0 radical (unpaired) electrons. The minimum absolute atomic E-state index is 0.0498. The molecule has 1 aromatic heterocycles. The normalized spacial score (nSPS) is 19.6. The van der Waals surface area contributed by atoms with Gasteiger partial charge >= 0.3 is 0 Å². The average Bonchev–Trinajstić information content (AvgIpc) is 3.10. The summed E-state index contributed by atoms with van der Waals surface area (Å²) in [5, 5.41) is 5.91. The molecule has 3 heterocycles. The Balaban J connectivity index is 1.50. The number of anilines is 1. The van der Waals surface area contributed by atoms with E-state index in [0.29, 0.717) is 32.4 Å². The van der Waals surface area contributed by atoms with Crippen LogP contribution in [0.1, 0.15) is 0 Å². The van der Waals surface area contributed by atoms with Crippen molar-refractivity contribution in [3.05, 3.63) is 29.6 Å². The van der Waals surface area contributed by atoms with Gasteiger partial charge in [-0.15, -0.1) is 11.3 Å². The number of carbonyl (C=O) groups excluding carboxylic acids is 1. The maximum Gasteiger partial charge on any atom is 0.240 e. The fourth-order valence-corrected chi connectivity index (χ4v) is 2.82. The molecule has 7 heteroatoms. The highest BCUT2D eigenvalue weighted by Gasteiger charge is 2.19. The molecule has 2 aliphatic heterocycles. The zero-order valence-corrected chi connectivity index (χ0v) is 11.9. The smallest absolute Gasteiger partial charge is 0.240 e. The van der Waals surface area contributed by atoms with Crippen LogP contribution in [0.4, 0.5) is 5.00 Å². The molecule has 1 saturated heterocycles. The number of nitrogens with one attached hydrogen (secondary N) is 1. The van der Waals surface area contributed by atoms with E-state index in [9.17, 15) is 4.79 Å². The molecule has 0 saturated carbocycles. The van der Waals surface area contributed by atoms with Crippen molar-refractivity contribution in [1.29, 1.82) is 0 Å². The maximum absolute atomic E-state index is 11.9. The Labute approximate surface area is 121 Å². The van der Waals surface area contributed by atoms with Gasteiger partial charge in [0.15, 0.2) is 6.73 Å². The minimum atomic E-state index is -0.0498. The van der Waals surface area contributed by atoms with Gasteiger partial charge in [-0.1, -0.05) is 0 Å². The second-order valence-electron chi connectivity index (χ2n) is 4.62. The van der Waals surface area contributed by atoms with Crippen LogP contribution < -0.4 is 10.2 Å². The standard InChI is InChI=1S/C13H17N3O3S/c17-11(8-15-3-5-18-6-4-15)14-12-9-16(10-19-12)13-2-1-7-20-13/h1-2,7,9H,3-6,8,10H2,(H,14,17). The molecule has 20 heavy (non-hydrogen) atoms. The Bertz CT molecular complexity index is 483. The molecule has 0 spiro atoms. The van der Waals surface area contributed by atoms with Crippen LogP contribution in [0.2, 0.25) is 0 Å². The number of ether oxygens (including phenoxy) is 2. The Morgan fingerprint density at radius 1 is 1.40 bits per heavy atom. The summed E-state index contributed by atoms with van der Waals surface area (Å²) < 4.78 is 10.7. The van der Waals surface area contributed by atoms with Crippen molar-refractivity contribution in [1.82, 2.24) is 10.2 Å². The zero-order valence-electron chi connectivity index (χ0n) is 11.1. The summed E-state index contributed by atoms with van der Waals surface area (Å²) in [6, 6.07) is 4.01. The van der Waals surface area contributed by atoms with Crippen LogP contribution in [-0.2, 0) is 14.3 Å². The van der Waals surface area contributed by atoms with Crippen LogP contribution in [0, 0.1) is 0 Å². The van der Waals surface area contributed by atoms with Gasteiger partial charge in [0, 0.05) is 13.1 Å². The van der Waals surface area contributed by atoms with Crippen molar-refractivity contribution in [3.8, 4) is 0 Å². The maximum atomic E-state index is 11.9. The van der Waals surface area contributed by atoms with E-state index in [1.54, 1.807) is 11.3 Å². The second kappa shape index (κ2) is 6.25. The lowest BCUT2D eigenvalue weighted by molar-refractivity contribution is -0.123. The van der Waals surface area contributed by atoms with Crippen LogP contribution in [-0.4, -0.2) is 50.4 Å². The predicted molar refractivity (Wildman–Crippen MR) is 76.2 cm³/mol. The first-order chi connectivity index (χ1) is 9.81. The molecule has 3 rings (SSSR count). The van der Waals surface area contributed by atoms with Gasteiger partial charge in [0.25, 0.3) is 0 Å². The minimum Gasteiger partial charge on any atom is -0.456 e. The third kappa shape index (κ3) is 3.30. The number of hydrogen-bond acceptors (Lipinski definition) is 6. The molecule has 6 nitrogen and oxygen atoms in total. The van der Waals surface area contributed by atoms with Gasteiger partial charge in [-0.2, -0.15) is 0 Å². The highest BCUT2D eigenvalue weighted by atomic mass is 32.1. The Hall–Kier alpha value is -1.57. The summed E-state index contributed by atoms with van der Waals surface area (Å²) in [4.78, 5) is 16.0. The van der Waals surface area contributed by atoms with E-state index < -0.39 is 0 Å². The van der Waals surface area contributed by atoms with Crippen molar-refractivity contribution in [2.45, 2.75) is 0 Å². The van der Waals surface area contributed by atoms with Gasteiger partial charge < -0.3 is 14.4 Å². The summed E-state index contributed by atoms with van der Waals surface area (Å²) in [6.07, 6.45) is 1.82. The fraction of sp³-hybridized carbons (Fsp3) is 0.462. The summed E-state index contributed by atoms with van der Waals surface area (Å²) in [5.74, 6) is 0.461. The largest absolute Gasteiger partial charge is 0.456 e. The molecular formula is C13H17N3O3S. The Morgan fingerprint density at radius 2 is 2.25 bits per heavy atom. The van der Waals surface area contributed by atoms with E-state index in [2.05, 4.69) is 10.2 Å². The number of hydrogen-bond donors (Lipinski definition) is 1. The van der Waals surface area contributed by atoms with Gasteiger partial charge in [-0.25, -0.2) is 0 Å². The second-order valence-corrected chi connectivity index (χ2v) is 5.55. The molecule has 1 N–H and O–H groups in total. The van der Waals surface area contributed by atoms with Crippen LogP contribution in [0.25, 0.3) is 0 Å². The lowest BCUT2D eigenvalue weighted by Gasteiger charge is -2.25. The molecule has 1 aromatic rings. The van der Waals surface area contributed by atoms with Crippen molar-refractivity contribution in [2.75, 3.05) is 44.5 Å². The number of thiophene rings is 1. The first-order valence-electron chi connectivity index (χ1n) is 6.56. The molecule has 0 aliphatic carbocycles. The van der Waals surface area contributed by atoms with Crippen LogP contribution in [0.3, 0.4) is 0 Å². The van der Waals surface area contributed by atoms with E-state index in [4.69, 9.17) is 9.47 Å². The molecule has 0 bridgehead atoms. The molecule has 0 aromatic carbocycles. The van der Waals surface area contributed by atoms with E-state index in [-0.39, 0.29) is 5.91 Å². The topological polar surface area (TPSA) is 54.0 Å². The van der Waals surface area contributed by atoms with Gasteiger partial charge in [0.1, 0.15) is 0 Å². The summed E-state index contributed by atoms with van der Waals surface area (Å²) in [6.45, 7) is 3.80. The van der Waals surface area contributed by atoms with E-state index in [1.807, 2.05) is 28.6 Å². The molecular weight excluding hydrogens is 278 g/mol. The van der Waals surface area contributed by atoms with Crippen molar-refractivity contribution in [3.63, 3.8) is 0 Å². The third-order valence-electron chi connectivity index (χ3n) is 3.15. The number of nitrogens with zero attached hydrogens (tertiary/aromatic N) is 2. The van der Waals surface area contributed by atoms with Crippen molar-refractivity contribution < 1.29 is 14.3 Å². The quantitative estimate of drug-likeness (QED) is 0.890. The van der Waals surface area contributed by atoms with Crippen molar-refractivity contribution >= 4 is 22.2 Å². The van der Waals surface area contributed by atoms with Gasteiger partial charge in [0.05, 0.1) is 31.0 Å². The van der Waals surface area contributed by atoms with Crippen molar-refractivity contribution in [2.24, 2.45) is 0 Å². The number of amides is 1. The zero-order chi connectivity index (χ0) is 13.8. The van der Waals surface area contributed by atoms with Crippen LogP contribution in [0.5, 0.6) is 0 Å². The first kappa shape index (κ1) is 13.4. The summed E-state index contributed by atoms with van der Waals surface area (Å²) in [7, 11) is 0. The molecule has 0 atom stereocenters. The van der Waals surface area contributed by atoms with E-state index in [0.717, 1.165) is 18.1 Å². The molecule has 2 aliphatic rings. The lowest BCUT2D eigenvalue weighted by atomic mass is 10.4. The predicted octanol–water partition coefficient (Wildman–Crippen LogP) is 0.789. The fourth-order valence-electron chi connectivity index (χ4n) is 2.12. The Kier molecular flexibility index (Phi) is 4.19. The van der Waals surface area contributed by atoms with Gasteiger partial charge in [-0.05, 0) is 17.5 Å². The van der Waals surface area contributed by atoms with Gasteiger partial charge in [0.2, 0.25) is 11.8 Å². The molecule has 0 unspecified atom stereocenters. The van der Waals surface area contributed by atoms with E-state index >= 15 is 0 Å². The molecule has 1 amide bonds. The lowest BCUT2D eigenvalue weighted by Crippen LogP contribution is -2.43. The third-order valence-corrected chi connectivity index (χ3v) is 4.06. The highest BCUT2D eigenvalue weighted by molar-refractivity contribution is 7.14. The monoisotopic (exact) mass is 295 g/mol. The summed E-state index contributed by atoms with van der Waals surface area (Å²) >= 11 is 1.64. The highest BCUT2D eigenvalue weighted by Crippen LogP contribution is 2.24. The summed E-state index contributed by atoms with van der Waals surface area (Å²) in [5.41, 5.74) is 0. The Morgan fingerprint density at radius 3 is 3.00 bits per heavy atom.